The van der Waals surface area contributed by atoms with Crippen molar-refractivity contribution in [3.05, 3.63) is 32.9 Å². The van der Waals surface area contributed by atoms with E-state index in [0.29, 0.717) is 12.3 Å². The molecule has 2 aromatic rings. The van der Waals surface area contributed by atoms with Crippen LogP contribution in [-0.4, -0.2) is 27.7 Å². The molecule has 26 heavy (non-hydrogen) atoms. The Bertz CT molecular complexity index is 921. The summed E-state index contributed by atoms with van der Waals surface area (Å²) in [6.45, 7) is 3.86. The Morgan fingerprint density at radius 2 is 2.08 bits per heavy atom. The van der Waals surface area contributed by atoms with Crippen molar-refractivity contribution in [3.8, 4) is 0 Å². The van der Waals surface area contributed by atoms with E-state index in [4.69, 9.17) is 5.10 Å². The first-order valence-corrected chi connectivity index (χ1v) is 10.4. The van der Waals surface area contributed by atoms with Gasteiger partial charge in [0, 0.05) is 24.3 Å². The minimum absolute atomic E-state index is 0.0698. The number of nitrogens with one attached hydrogen (secondary N) is 1. The molecule has 1 amide bonds. The Kier molecular flexibility index (Phi) is 4.69. The predicted octanol–water partition coefficient (Wildman–Crippen LogP) is 4.19. The van der Waals surface area contributed by atoms with Crippen LogP contribution in [0.1, 0.15) is 62.3 Å². The van der Waals surface area contributed by atoms with Gasteiger partial charge in [-0.05, 0) is 37.3 Å². The van der Waals surface area contributed by atoms with Crippen molar-refractivity contribution < 1.29 is 4.79 Å². The van der Waals surface area contributed by atoms with E-state index in [0.717, 1.165) is 32.8 Å². The second-order valence-electron chi connectivity index (χ2n) is 7.48. The lowest BCUT2D eigenvalue weighted by Gasteiger charge is -2.32. The zero-order valence-electron chi connectivity index (χ0n) is 15.4. The number of aromatic amines is 1. The number of pyridine rings is 1. The fraction of sp³-hybridized carbons (Fsp3) is 0.550. The third kappa shape index (κ3) is 3.11. The van der Waals surface area contributed by atoms with Crippen molar-refractivity contribution in [2.75, 3.05) is 0 Å². The van der Waals surface area contributed by atoms with Gasteiger partial charge in [-0.3, -0.25) is 9.59 Å². The van der Waals surface area contributed by atoms with E-state index < -0.39 is 0 Å². The van der Waals surface area contributed by atoms with Crippen LogP contribution in [0, 0.1) is 12.8 Å². The number of aryl methyl sites for hydroxylation is 1. The lowest BCUT2D eigenvalue weighted by molar-refractivity contribution is -0.133. The first kappa shape index (κ1) is 17.5. The van der Waals surface area contributed by atoms with Gasteiger partial charge in [0.25, 0.3) is 0 Å². The summed E-state index contributed by atoms with van der Waals surface area (Å²) < 4.78 is 0. The number of hydrazone groups is 1. The number of amides is 1. The second kappa shape index (κ2) is 6.99. The molecule has 0 spiro atoms. The summed E-state index contributed by atoms with van der Waals surface area (Å²) in [6, 6.07) is 3.94. The number of carbonyl (C=O) groups excluding carboxylic acids is 1. The summed E-state index contributed by atoms with van der Waals surface area (Å²) in [5.74, 6) is 0.665. The minimum Gasteiger partial charge on any atom is -0.314 e. The highest BCUT2D eigenvalue weighted by Gasteiger charge is 2.37. The molecule has 1 saturated carbocycles. The molecule has 2 aromatic heterocycles. The first-order chi connectivity index (χ1) is 12.6. The summed E-state index contributed by atoms with van der Waals surface area (Å²) in [7, 11) is 0. The maximum absolute atomic E-state index is 12.5. The average Bonchev–Trinajstić information content (AvgIpc) is 3.26. The molecular formula is C20H25N3O2S. The Labute approximate surface area is 157 Å². The molecule has 0 radical (unpaired) electrons. The van der Waals surface area contributed by atoms with Crippen LogP contribution in [0.15, 0.2) is 22.0 Å². The fourth-order valence-corrected chi connectivity index (χ4v) is 5.43. The van der Waals surface area contributed by atoms with Crippen LogP contribution in [-0.2, 0) is 4.79 Å². The Hall–Kier alpha value is -1.95. The van der Waals surface area contributed by atoms with Gasteiger partial charge in [-0.15, -0.1) is 11.3 Å². The Morgan fingerprint density at radius 3 is 2.81 bits per heavy atom. The van der Waals surface area contributed by atoms with Crippen LogP contribution in [0.25, 0.3) is 10.2 Å². The van der Waals surface area contributed by atoms with E-state index in [9.17, 15) is 9.59 Å². The highest BCUT2D eigenvalue weighted by Crippen LogP contribution is 2.37. The summed E-state index contributed by atoms with van der Waals surface area (Å²) >= 11 is 1.57. The number of aromatic nitrogens is 1. The maximum Gasteiger partial charge on any atom is 0.249 e. The summed E-state index contributed by atoms with van der Waals surface area (Å²) in [6.07, 6.45) is 7.52. The number of fused-ring (bicyclic) bond motifs is 1. The SMILES string of the molecule is CCC(=O)N1N=C(c2cc3c(C)cc(=O)[nH]c3s2)CC1C1CCCCC1. The van der Waals surface area contributed by atoms with Crippen molar-refractivity contribution in [2.24, 2.45) is 11.0 Å². The first-order valence-electron chi connectivity index (χ1n) is 9.60. The van der Waals surface area contributed by atoms with Crippen molar-refractivity contribution in [1.82, 2.24) is 9.99 Å². The van der Waals surface area contributed by atoms with Gasteiger partial charge in [-0.2, -0.15) is 5.10 Å². The minimum atomic E-state index is -0.0698. The highest BCUT2D eigenvalue weighted by atomic mass is 32.1. The normalized spacial score (nSPS) is 21.4. The molecule has 1 aliphatic carbocycles. The number of nitrogens with zero attached hydrogens (tertiary/aromatic N) is 2. The molecule has 5 nitrogen and oxygen atoms in total. The molecule has 1 atom stereocenters. The number of hydrogen-bond donors (Lipinski definition) is 1. The smallest absolute Gasteiger partial charge is 0.249 e. The van der Waals surface area contributed by atoms with Crippen LogP contribution in [0.5, 0.6) is 0 Å². The molecule has 4 rings (SSSR count). The summed E-state index contributed by atoms with van der Waals surface area (Å²) in [5, 5.41) is 7.59. The molecule has 3 heterocycles. The lowest BCUT2D eigenvalue weighted by atomic mass is 9.82. The quantitative estimate of drug-likeness (QED) is 0.879. The maximum atomic E-state index is 12.5. The van der Waals surface area contributed by atoms with Crippen molar-refractivity contribution >= 4 is 33.2 Å². The van der Waals surface area contributed by atoms with Gasteiger partial charge in [-0.25, -0.2) is 5.01 Å². The summed E-state index contributed by atoms with van der Waals surface area (Å²) in [4.78, 5) is 29.1. The van der Waals surface area contributed by atoms with Crippen molar-refractivity contribution in [1.29, 1.82) is 0 Å². The van der Waals surface area contributed by atoms with Gasteiger partial charge >= 0.3 is 0 Å². The van der Waals surface area contributed by atoms with E-state index in [1.54, 1.807) is 22.4 Å². The van der Waals surface area contributed by atoms with Crippen LogP contribution < -0.4 is 5.56 Å². The number of rotatable bonds is 3. The molecule has 0 bridgehead atoms. The van der Waals surface area contributed by atoms with Gasteiger partial charge < -0.3 is 4.98 Å². The Balaban J connectivity index is 1.68. The number of carbonyl (C=O) groups is 1. The largest absolute Gasteiger partial charge is 0.314 e. The fourth-order valence-electron chi connectivity index (χ4n) is 4.31. The number of H-pyrrole nitrogens is 1. The van der Waals surface area contributed by atoms with E-state index in [1.165, 1.54) is 32.1 Å². The topological polar surface area (TPSA) is 65.5 Å². The molecule has 1 aliphatic heterocycles. The summed E-state index contributed by atoms with van der Waals surface area (Å²) in [5.41, 5.74) is 1.90. The third-order valence-electron chi connectivity index (χ3n) is 5.72. The zero-order valence-corrected chi connectivity index (χ0v) is 16.2. The van der Waals surface area contributed by atoms with Gasteiger partial charge in [-0.1, -0.05) is 26.2 Å². The monoisotopic (exact) mass is 371 g/mol. The van der Waals surface area contributed by atoms with Crippen molar-refractivity contribution in [2.45, 2.75) is 64.8 Å². The Morgan fingerprint density at radius 1 is 1.31 bits per heavy atom. The third-order valence-corrected chi connectivity index (χ3v) is 6.82. The molecule has 138 valence electrons. The van der Waals surface area contributed by atoms with Crippen molar-refractivity contribution in [3.63, 3.8) is 0 Å². The van der Waals surface area contributed by atoms with Gasteiger partial charge in [0.2, 0.25) is 11.5 Å². The molecule has 6 heteroatoms. The molecule has 0 aromatic carbocycles. The van der Waals surface area contributed by atoms with E-state index >= 15 is 0 Å². The van der Waals surface area contributed by atoms with E-state index in [1.807, 2.05) is 13.8 Å². The van der Waals surface area contributed by atoms with E-state index in [2.05, 4.69) is 11.1 Å². The van der Waals surface area contributed by atoms with Crippen LogP contribution in [0.4, 0.5) is 0 Å². The molecule has 2 aliphatic rings. The predicted molar refractivity (Wildman–Crippen MR) is 106 cm³/mol. The number of thiophene rings is 1. The van der Waals surface area contributed by atoms with Gasteiger partial charge in [0.05, 0.1) is 16.6 Å². The molecule has 1 fully saturated rings. The zero-order chi connectivity index (χ0) is 18.3. The molecule has 0 saturated heterocycles. The van der Waals surface area contributed by atoms with Crippen LogP contribution in [0.3, 0.4) is 0 Å². The second-order valence-corrected chi connectivity index (χ2v) is 8.53. The number of hydrogen-bond acceptors (Lipinski definition) is 4. The highest BCUT2D eigenvalue weighted by molar-refractivity contribution is 7.20. The van der Waals surface area contributed by atoms with Gasteiger partial charge in [0.1, 0.15) is 4.83 Å². The molecule has 1 N–H and O–H groups in total. The van der Waals surface area contributed by atoms with Crippen LogP contribution in [0.2, 0.25) is 0 Å². The molecule has 1 unspecified atom stereocenters. The average molecular weight is 372 g/mol. The lowest BCUT2D eigenvalue weighted by Crippen LogP contribution is -2.38. The standard InChI is InChI=1S/C20H25N3O2S/c1-3-19(25)23-16(13-7-5-4-6-8-13)11-15(22-23)17-10-14-12(2)9-18(24)21-20(14)26-17/h9-10,13,16H,3-8,11H2,1-2H3,(H,21,24). The van der Waals surface area contributed by atoms with Gasteiger partial charge in [0.15, 0.2) is 0 Å². The molecular weight excluding hydrogens is 346 g/mol. The van der Waals surface area contributed by atoms with E-state index in [-0.39, 0.29) is 17.5 Å². The van der Waals surface area contributed by atoms with Crippen LogP contribution >= 0.6 is 11.3 Å².